The lowest BCUT2D eigenvalue weighted by molar-refractivity contribution is -0.137. The van der Waals surface area contributed by atoms with Crippen LogP contribution in [0.25, 0.3) is 0 Å². The maximum atomic E-state index is 12.8. The molecule has 0 fully saturated rings. The van der Waals surface area contributed by atoms with Crippen molar-refractivity contribution >= 4 is 27.7 Å². The van der Waals surface area contributed by atoms with Crippen LogP contribution in [-0.2, 0) is 27.5 Å². The molecule has 0 aliphatic heterocycles. The minimum absolute atomic E-state index is 0.0276. The van der Waals surface area contributed by atoms with Gasteiger partial charge in [0.25, 0.3) is 0 Å². The summed E-state index contributed by atoms with van der Waals surface area (Å²) in [7, 11) is -3.91. The minimum Gasteiger partial charge on any atom is -0.351 e. The van der Waals surface area contributed by atoms with Crippen LogP contribution < -0.4 is 10.0 Å². The summed E-state index contributed by atoms with van der Waals surface area (Å²) >= 11 is 1.45. The lowest BCUT2D eigenvalue weighted by Gasteiger charge is -2.18. The Morgan fingerprint density at radius 2 is 1.79 bits per heavy atom. The Morgan fingerprint density at radius 1 is 1.10 bits per heavy atom. The molecule has 0 aliphatic rings. The number of carbonyl (C=O) groups is 1. The average molecular weight is 447 g/mol. The number of carbonyl (C=O) groups excluding carboxylic acids is 1. The molecule has 10 heteroatoms. The predicted octanol–water partition coefficient (Wildman–Crippen LogP) is 3.42. The highest BCUT2D eigenvalue weighted by Crippen LogP contribution is 2.29. The molecule has 0 aliphatic carbocycles. The first kappa shape index (κ1) is 23.2. The van der Waals surface area contributed by atoms with Gasteiger partial charge >= 0.3 is 6.18 Å². The number of hydrogen-bond donors (Lipinski definition) is 2. The third-order valence-electron chi connectivity index (χ3n) is 4.00. The molecule has 0 heterocycles. The van der Waals surface area contributed by atoms with E-state index in [1.54, 1.807) is 18.2 Å². The molecule has 2 aromatic rings. The fourth-order valence-electron chi connectivity index (χ4n) is 2.50. The maximum Gasteiger partial charge on any atom is 0.416 e. The summed E-state index contributed by atoms with van der Waals surface area (Å²) in [6, 6.07) is 11.2. The molecule has 0 saturated heterocycles. The van der Waals surface area contributed by atoms with Crippen LogP contribution in [-0.4, -0.2) is 32.4 Å². The van der Waals surface area contributed by atoms with Crippen LogP contribution in [0, 0.1) is 0 Å². The Morgan fingerprint density at radius 3 is 2.41 bits per heavy atom. The number of sulfonamides is 1. The summed E-state index contributed by atoms with van der Waals surface area (Å²) in [5.74, 6) is -0.0742. The molecule has 0 saturated carbocycles. The van der Waals surface area contributed by atoms with Crippen LogP contribution in [0.15, 0.2) is 59.5 Å². The molecular formula is C19H21F3N2O3S2. The van der Waals surface area contributed by atoms with Crippen molar-refractivity contribution in [1.29, 1.82) is 0 Å². The number of benzene rings is 2. The van der Waals surface area contributed by atoms with Gasteiger partial charge in [0.2, 0.25) is 15.9 Å². The third-order valence-corrected chi connectivity index (χ3v) is 6.13. The molecule has 0 aromatic heterocycles. The van der Waals surface area contributed by atoms with Gasteiger partial charge in [0.15, 0.2) is 0 Å². The number of rotatable bonds is 9. The Kier molecular flexibility index (Phi) is 8.12. The number of halogens is 3. The van der Waals surface area contributed by atoms with Crippen LogP contribution in [0.1, 0.15) is 17.5 Å². The van der Waals surface area contributed by atoms with Crippen LogP contribution in [0.2, 0.25) is 0 Å². The fourth-order valence-corrected chi connectivity index (χ4v) is 4.23. The molecule has 2 aromatic carbocycles. The molecule has 0 bridgehead atoms. The Bertz CT molecular complexity index is 920. The zero-order chi connectivity index (χ0) is 21.5. The normalized spacial score (nSPS) is 13.1. The Hall–Kier alpha value is -2.04. The Balaban J connectivity index is 2.09. The van der Waals surface area contributed by atoms with Crippen molar-refractivity contribution in [2.75, 3.05) is 12.0 Å². The second-order valence-corrected chi connectivity index (χ2v) is 8.88. The van der Waals surface area contributed by atoms with Crippen molar-refractivity contribution in [3.8, 4) is 0 Å². The summed E-state index contributed by atoms with van der Waals surface area (Å²) in [4.78, 5) is 12.6. The van der Waals surface area contributed by atoms with E-state index < -0.39 is 33.7 Å². The van der Waals surface area contributed by atoms with Gasteiger partial charge < -0.3 is 5.32 Å². The van der Waals surface area contributed by atoms with Crippen molar-refractivity contribution in [2.45, 2.75) is 30.1 Å². The highest BCUT2D eigenvalue weighted by Gasteiger charge is 2.30. The van der Waals surface area contributed by atoms with Crippen LogP contribution in [0.5, 0.6) is 0 Å². The SMILES string of the molecule is CSCCC(NS(=O)(=O)c1ccccc1)C(=O)NCc1cccc(C(F)(F)F)c1. The lowest BCUT2D eigenvalue weighted by atomic mass is 10.1. The molecule has 29 heavy (non-hydrogen) atoms. The van der Waals surface area contributed by atoms with Crippen molar-refractivity contribution in [2.24, 2.45) is 0 Å². The standard InChI is InChI=1S/C19H21F3N2O3S2/c1-28-11-10-17(24-29(26,27)16-8-3-2-4-9-16)18(25)23-13-14-6-5-7-15(12-14)19(20,21)22/h2-9,12,17,24H,10-11,13H2,1H3,(H,23,25). The highest BCUT2D eigenvalue weighted by atomic mass is 32.2. The third kappa shape index (κ3) is 7.06. The number of amides is 1. The molecule has 1 atom stereocenters. The predicted molar refractivity (Wildman–Crippen MR) is 107 cm³/mol. The van der Waals surface area contributed by atoms with Crippen molar-refractivity contribution in [1.82, 2.24) is 10.0 Å². The fraction of sp³-hybridized carbons (Fsp3) is 0.316. The first-order valence-corrected chi connectivity index (χ1v) is 11.5. The van der Waals surface area contributed by atoms with E-state index in [1.807, 2.05) is 6.26 Å². The average Bonchev–Trinajstić information content (AvgIpc) is 2.69. The highest BCUT2D eigenvalue weighted by molar-refractivity contribution is 7.98. The first-order chi connectivity index (χ1) is 13.6. The first-order valence-electron chi connectivity index (χ1n) is 8.63. The Labute approximate surface area is 172 Å². The minimum atomic E-state index is -4.48. The molecule has 0 radical (unpaired) electrons. The largest absolute Gasteiger partial charge is 0.416 e. The van der Waals surface area contributed by atoms with Crippen molar-refractivity contribution < 1.29 is 26.4 Å². The summed E-state index contributed by atoms with van der Waals surface area (Å²) in [6.45, 7) is -0.147. The molecule has 1 amide bonds. The molecule has 158 valence electrons. The van der Waals surface area contributed by atoms with E-state index in [-0.39, 0.29) is 23.4 Å². The van der Waals surface area contributed by atoms with Crippen LogP contribution in [0.3, 0.4) is 0 Å². The van der Waals surface area contributed by atoms with E-state index in [4.69, 9.17) is 0 Å². The van der Waals surface area contributed by atoms with Gasteiger partial charge in [-0.25, -0.2) is 8.42 Å². The van der Waals surface area contributed by atoms with Gasteiger partial charge in [-0.2, -0.15) is 29.7 Å². The van der Waals surface area contributed by atoms with E-state index in [0.29, 0.717) is 5.75 Å². The molecule has 0 spiro atoms. The number of thioether (sulfide) groups is 1. The summed E-state index contributed by atoms with van der Waals surface area (Å²) < 4.78 is 65.9. The smallest absolute Gasteiger partial charge is 0.351 e. The quantitative estimate of drug-likeness (QED) is 0.619. The van der Waals surface area contributed by atoms with Gasteiger partial charge in [0, 0.05) is 6.54 Å². The lowest BCUT2D eigenvalue weighted by Crippen LogP contribution is -2.46. The van der Waals surface area contributed by atoms with E-state index >= 15 is 0 Å². The molecule has 5 nitrogen and oxygen atoms in total. The van der Waals surface area contributed by atoms with Gasteiger partial charge in [-0.15, -0.1) is 0 Å². The van der Waals surface area contributed by atoms with Gasteiger partial charge in [0.1, 0.15) is 6.04 Å². The molecule has 2 rings (SSSR count). The topological polar surface area (TPSA) is 75.3 Å². The van der Waals surface area contributed by atoms with Crippen molar-refractivity contribution in [3.63, 3.8) is 0 Å². The maximum absolute atomic E-state index is 12.8. The van der Waals surface area contributed by atoms with E-state index in [9.17, 15) is 26.4 Å². The second-order valence-electron chi connectivity index (χ2n) is 6.18. The number of hydrogen-bond acceptors (Lipinski definition) is 4. The van der Waals surface area contributed by atoms with E-state index in [0.717, 1.165) is 12.1 Å². The molecule has 1 unspecified atom stereocenters. The number of alkyl halides is 3. The summed E-state index contributed by atoms with van der Waals surface area (Å²) in [5.41, 5.74) is -0.546. The van der Waals surface area contributed by atoms with Gasteiger partial charge in [-0.1, -0.05) is 30.3 Å². The zero-order valence-corrected chi connectivity index (χ0v) is 17.2. The van der Waals surface area contributed by atoms with Gasteiger partial charge in [-0.3, -0.25) is 4.79 Å². The molecular weight excluding hydrogens is 425 g/mol. The van der Waals surface area contributed by atoms with Gasteiger partial charge in [0.05, 0.1) is 10.5 Å². The van der Waals surface area contributed by atoms with Crippen molar-refractivity contribution in [3.05, 3.63) is 65.7 Å². The van der Waals surface area contributed by atoms with E-state index in [1.165, 1.54) is 36.0 Å². The zero-order valence-electron chi connectivity index (χ0n) is 15.6. The molecule has 2 N–H and O–H groups in total. The second kappa shape index (κ2) is 10.1. The summed E-state index contributed by atoms with van der Waals surface area (Å²) in [6.07, 6.45) is -2.42. The van der Waals surface area contributed by atoms with Gasteiger partial charge in [-0.05, 0) is 48.3 Å². The number of nitrogens with one attached hydrogen (secondary N) is 2. The summed E-state index contributed by atoms with van der Waals surface area (Å²) in [5, 5.41) is 2.52. The van der Waals surface area contributed by atoms with Crippen LogP contribution >= 0.6 is 11.8 Å². The van der Waals surface area contributed by atoms with E-state index in [2.05, 4.69) is 10.0 Å². The monoisotopic (exact) mass is 446 g/mol. The van der Waals surface area contributed by atoms with Crippen LogP contribution in [0.4, 0.5) is 13.2 Å².